The zero-order chi connectivity index (χ0) is 20.2. The van der Waals surface area contributed by atoms with Crippen LogP contribution in [0.4, 0.5) is 0 Å². The van der Waals surface area contributed by atoms with E-state index in [1.165, 1.54) is 0 Å². The Bertz CT molecular complexity index is 683. The number of aliphatic hydroxyl groups is 1. The summed E-state index contributed by atoms with van der Waals surface area (Å²) in [5.41, 5.74) is -1.43. The number of ketones is 1. The molecule has 4 aliphatic carbocycles. The molecule has 2 heteroatoms. The Morgan fingerprint density at radius 2 is 1.90 bits per heavy atom. The van der Waals surface area contributed by atoms with E-state index >= 15 is 0 Å². The number of fused-ring (bicyclic) bond motifs is 5. The van der Waals surface area contributed by atoms with E-state index in [2.05, 4.69) is 6.92 Å². The molecule has 0 saturated heterocycles. The smallest absolute Gasteiger partial charge is 0.133 e. The first-order valence-electron chi connectivity index (χ1n) is 11.5. The van der Waals surface area contributed by atoms with Crippen molar-refractivity contribution in [3.63, 3.8) is 0 Å². The van der Waals surface area contributed by atoms with E-state index < -0.39 is 36.2 Å². The zero-order valence-corrected chi connectivity index (χ0v) is 13.0. The second-order valence-electron chi connectivity index (χ2n) is 8.06. The van der Waals surface area contributed by atoms with Gasteiger partial charge in [0.25, 0.3) is 0 Å². The molecule has 0 aromatic rings. The third-order valence-electron chi connectivity index (χ3n) is 7.30. The molecule has 0 amide bonds. The normalized spacial score (nSPS) is 72.5. The standard InChI is InChI=1S/C19H30O2/c1-18-9-7-13(20)11-12(18)3-4-14-15-5-6-17(21)19(15,2)10-8-16(14)18/h12,14-17,21H,3-11H2,1-2H3/t12-,14-,15-,16-,17-,18-,19-/m0/s1/i7D2,9D,11D2,12D/t9?,12-,14-,15-,16-,17-,18-,19-. The zero-order valence-electron chi connectivity index (χ0n) is 19.0. The second kappa shape index (κ2) is 4.57. The number of Topliss-reactive ketones (excluding diaryl/α,β-unsaturated/α-hetero) is 1. The fourth-order valence-corrected chi connectivity index (χ4v) is 5.99. The Morgan fingerprint density at radius 1 is 1.14 bits per heavy atom. The van der Waals surface area contributed by atoms with Crippen LogP contribution in [-0.2, 0) is 4.79 Å². The Balaban J connectivity index is 1.83. The third-order valence-corrected chi connectivity index (χ3v) is 7.30. The van der Waals surface area contributed by atoms with Gasteiger partial charge in [-0.05, 0) is 79.4 Å². The highest BCUT2D eigenvalue weighted by molar-refractivity contribution is 5.79. The number of carbonyl (C=O) groups is 1. The molecule has 21 heavy (non-hydrogen) atoms. The number of hydrogen-bond acceptors (Lipinski definition) is 2. The molecule has 0 bridgehead atoms. The van der Waals surface area contributed by atoms with Gasteiger partial charge in [-0.2, -0.15) is 0 Å². The van der Waals surface area contributed by atoms with Crippen molar-refractivity contribution in [1.29, 1.82) is 0 Å². The molecule has 4 saturated carbocycles. The lowest BCUT2D eigenvalue weighted by Gasteiger charge is -2.60. The summed E-state index contributed by atoms with van der Waals surface area (Å²) < 4.78 is 51.0. The predicted molar refractivity (Wildman–Crippen MR) is 82.7 cm³/mol. The lowest BCUT2D eigenvalue weighted by atomic mass is 9.45. The van der Waals surface area contributed by atoms with E-state index in [-0.39, 0.29) is 35.7 Å². The lowest BCUT2D eigenvalue weighted by molar-refractivity contribution is -0.141. The van der Waals surface area contributed by atoms with E-state index in [9.17, 15) is 9.90 Å². The summed E-state index contributed by atoms with van der Waals surface area (Å²) in [4.78, 5) is 12.6. The van der Waals surface area contributed by atoms with Gasteiger partial charge >= 0.3 is 0 Å². The summed E-state index contributed by atoms with van der Waals surface area (Å²) in [5.74, 6) is -2.79. The van der Waals surface area contributed by atoms with Crippen molar-refractivity contribution in [1.82, 2.24) is 0 Å². The fourth-order valence-electron chi connectivity index (χ4n) is 5.99. The van der Waals surface area contributed by atoms with Crippen LogP contribution in [0.5, 0.6) is 0 Å². The van der Waals surface area contributed by atoms with Gasteiger partial charge in [0.2, 0.25) is 0 Å². The highest BCUT2D eigenvalue weighted by Gasteiger charge is 2.59. The van der Waals surface area contributed by atoms with Gasteiger partial charge in [-0.25, -0.2) is 0 Å². The number of aliphatic hydroxyl groups excluding tert-OH is 1. The van der Waals surface area contributed by atoms with Crippen molar-refractivity contribution >= 4 is 5.78 Å². The van der Waals surface area contributed by atoms with Gasteiger partial charge in [-0.3, -0.25) is 4.79 Å². The van der Waals surface area contributed by atoms with Gasteiger partial charge in [-0.15, -0.1) is 0 Å². The molecule has 4 rings (SSSR count). The lowest BCUT2D eigenvalue weighted by Crippen LogP contribution is -2.54. The first-order valence-corrected chi connectivity index (χ1v) is 8.41. The highest BCUT2D eigenvalue weighted by atomic mass is 16.3. The molecule has 1 N–H and O–H groups in total. The maximum atomic E-state index is 12.6. The average molecular weight is 296 g/mol. The molecule has 0 radical (unpaired) electrons. The molecule has 2 nitrogen and oxygen atoms in total. The fraction of sp³-hybridized carbons (Fsp3) is 0.947. The van der Waals surface area contributed by atoms with Crippen molar-refractivity contribution < 1.29 is 18.1 Å². The molecular formula is C19H30O2. The van der Waals surface area contributed by atoms with Crippen LogP contribution in [0.1, 0.15) is 79.7 Å². The third kappa shape index (κ3) is 1.84. The van der Waals surface area contributed by atoms with Crippen LogP contribution < -0.4 is 0 Å². The van der Waals surface area contributed by atoms with Crippen molar-refractivity contribution in [3.05, 3.63) is 0 Å². The molecule has 0 aromatic heterocycles. The van der Waals surface area contributed by atoms with Crippen LogP contribution in [0.3, 0.4) is 0 Å². The van der Waals surface area contributed by atoms with E-state index in [0.29, 0.717) is 12.8 Å². The van der Waals surface area contributed by atoms with E-state index in [1.54, 1.807) is 6.92 Å². The molecule has 118 valence electrons. The molecule has 8 atom stereocenters. The summed E-state index contributed by atoms with van der Waals surface area (Å²) in [7, 11) is 0. The van der Waals surface area contributed by atoms with E-state index in [4.69, 9.17) is 8.22 Å². The van der Waals surface area contributed by atoms with Gasteiger partial charge in [0, 0.05) is 21.0 Å². The van der Waals surface area contributed by atoms with Gasteiger partial charge in [-0.1, -0.05) is 13.8 Å². The Hall–Kier alpha value is -0.370. The number of hydrogen-bond donors (Lipinski definition) is 1. The van der Waals surface area contributed by atoms with Gasteiger partial charge < -0.3 is 5.11 Å². The minimum absolute atomic E-state index is 0.150. The van der Waals surface area contributed by atoms with Crippen LogP contribution in [0.2, 0.25) is 0 Å². The van der Waals surface area contributed by atoms with Crippen LogP contribution in [0.15, 0.2) is 0 Å². The summed E-state index contributed by atoms with van der Waals surface area (Å²) in [5, 5.41) is 10.5. The Labute approximate surface area is 137 Å². The Kier molecular flexibility index (Phi) is 1.97. The van der Waals surface area contributed by atoms with Gasteiger partial charge in [0.05, 0.1) is 6.10 Å². The SMILES string of the molecule is [2H]C1C([2H])([2H])C(=O)C([2H])([2H])[C@]2([2H])CC[C@H]3[C@@H]4CC[C@H](O)[C@@]4(C)CC[C@@H]3[C@@]12C. The second-order valence-corrected chi connectivity index (χ2v) is 8.06. The van der Waals surface area contributed by atoms with Crippen molar-refractivity contribution in [3.8, 4) is 0 Å². The van der Waals surface area contributed by atoms with Crippen LogP contribution in [0, 0.1) is 34.5 Å². The molecule has 4 fully saturated rings. The maximum absolute atomic E-state index is 12.6. The van der Waals surface area contributed by atoms with Crippen molar-refractivity contribution in [2.45, 2.75) is 77.6 Å². The molecule has 0 aromatic carbocycles. The first-order chi connectivity index (χ1) is 12.3. The van der Waals surface area contributed by atoms with Gasteiger partial charge in [0.15, 0.2) is 0 Å². The Morgan fingerprint density at radius 3 is 2.71 bits per heavy atom. The van der Waals surface area contributed by atoms with E-state index in [0.717, 1.165) is 19.3 Å². The number of rotatable bonds is 0. The minimum Gasteiger partial charge on any atom is -0.393 e. The maximum Gasteiger partial charge on any atom is 0.133 e. The van der Waals surface area contributed by atoms with Crippen molar-refractivity contribution in [2.75, 3.05) is 0 Å². The monoisotopic (exact) mass is 296 g/mol. The molecule has 0 heterocycles. The highest BCUT2D eigenvalue weighted by Crippen LogP contribution is 2.65. The topological polar surface area (TPSA) is 37.3 Å². The summed E-state index contributed by atoms with van der Waals surface area (Å²) in [6.45, 7) is 3.82. The quantitative estimate of drug-likeness (QED) is 0.734. The number of carbonyl (C=O) groups excluding carboxylic acids is 1. The molecule has 4 aliphatic rings. The molecule has 1 unspecified atom stereocenters. The largest absolute Gasteiger partial charge is 0.393 e. The minimum atomic E-state index is -2.61. The summed E-state index contributed by atoms with van der Waals surface area (Å²) >= 11 is 0. The molecule has 0 aliphatic heterocycles. The van der Waals surface area contributed by atoms with E-state index in [1.807, 2.05) is 0 Å². The summed E-state index contributed by atoms with van der Waals surface area (Å²) in [6, 6.07) is 0. The molecular weight excluding hydrogens is 260 g/mol. The van der Waals surface area contributed by atoms with Crippen molar-refractivity contribution in [2.24, 2.45) is 34.5 Å². The van der Waals surface area contributed by atoms with Crippen LogP contribution in [-0.4, -0.2) is 17.0 Å². The predicted octanol–water partition coefficient (Wildman–Crippen LogP) is 3.96. The first kappa shape index (κ1) is 9.05. The van der Waals surface area contributed by atoms with Crippen LogP contribution in [0.25, 0.3) is 0 Å². The van der Waals surface area contributed by atoms with Crippen LogP contribution >= 0.6 is 0 Å². The average Bonchev–Trinajstić information content (AvgIpc) is 2.90. The molecule has 0 spiro atoms. The summed E-state index contributed by atoms with van der Waals surface area (Å²) in [6.07, 6.45) is -3.20. The van der Waals surface area contributed by atoms with Gasteiger partial charge in [0.1, 0.15) is 5.78 Å².